The lowest BCUT2D eigenvalue weighted by Crippen LogP contribution is -2.33. The Kier molecular flexibility index (Phi) is 4.82. The highest BCUT2D eigenvalue weighted by molar-refractivity contribution is 5.94. The Labute approximate surface area is 173 Å². The first kappa shape index (κ1) is 18.9. The molecular formula is C21H23FN6O2. The molecule has 0 aliphatic carbocycles. The lowest BCUT2D eigenvalue weighted by Gasteiger charge is -2.22. The van der Waals surface area contributed by atoms with E-state index < -0.39 is 0 Å². The van der Waals surface area contributed by atoms with Crippen molar-refractivity contribution in [3.8, 4) is 0 Å². The second kappa shape index (κ2) is 7.64. The van der Waals surface area contributed by atoms with Crippen molar-refractivity contribution in [2.75, 3.05) is 44.8 Å². The van der Waals surface area contributed by atoms with Crippen LogP contribution in [0, 0.1) is 17.7 Å². The van der Waals surface area contributed by atoms with Crippen molar-refractivity contribution >= 4 is 22.9 Å². The largest absolute Gasteiger partial charge is 0.383 e. The van der Waals surface area contributed by atoms with Crippen molar-refractivity contribution in [3.05, 3.63) is 48.3 Å². The molecule has 0 radical (unpaired) electrons. The van der Waals surface area contributed by atoms with E-state index in [1.54, 1.807) is 31.9 Å². The molecule has 2 fully saturated rings. The van der Waals surface area contributed by atoms with Gasteiger partial charge in [-0.1, -0.05) is 0 Å². The van der Waals surface area contributed by atoms with Crippen LogP contribution in [0.3, 0.4) is 0 Å². The highest BCUT2D eigenvalue weighted by atomic mass is 19.1. The van der Waals surface area contributed by atoms with Gasteiger partial charge in [0.05, 0.1) is 12.9 Å². The van der Waals surface area contributed by atoms with Gasteiger partial charge in [0.1, 0.15) is 12.1 Å². The van der Waals surface area contributed by atoms with E-state index in [0.29, 0.717) is 43.6 Å². The molecule has 1 aromatic carbocycles. The lowest BCUT2D eigenvalue weighted by atomic mass is 10.0. The molecule has 4 heterocycles. The third-order valence-corrected chi connectivity index (χ3v) is 6.08. The molecular weight excluding hydrogens is 387 g/mol. The zero-order valence-electron chi connectivity index (χ0n) is 16.7. The minimum atomic E-state index is -0.332. The minimum Gasteiger partial charge on any atom is -0.383 e. The normalized spacial score (nSPS) is 20.9. The molecule has 9 heteroatoms. The van der Waals surface area contributed by atoms with Crippen molar-refractivity contribution in [3.63, 3.8) is 0 Å². The summed E-state index contributed by atoms with van der Waals surface area (Å²) in [6.07, 6.45) is 3.36. The molecule has 0 spiro atoms. The number of aromatic nitrogens is 4. The van der Waals surface area contributed by atoms with Crippen LogP contribution < -0.4 is 4.90 Å². The molecule has 3 aromatic rings. The van der Waals surface area contributed by atoms with Crippen LogP contribution in [0.25, 0.3) is 11.2 Å². The third-order valence-electron chi connectivity index (χ3n) is 6.08. The Bertz CT molecular complexity index is 1060. The topological polar surface area (TPSA) is 76.4 Å². The fourth-order valence-corrected chi connectivity index (χ4v) is 4.56. The quantitative estimate of drug-likeness (QED) is 0.639. The van der Waals surface area contributed by atoms with Crippen LogP contribution in [0.2, 0.25) is 0 Å². The average molecular weight is 410 g/mol. The number of carbonyl (C=O) groups is 1. The summed E-state index contributed by atoms with van der Waals surface area (Å²) in [5.74, 6) is 1.26. The Morgan fingerprint density at radius 3 is 2.53 bits per heavy atom. The first-order chi connectivity index (χ1) is 14.6. The van der Waals surface area contributed by atoms with Crippen LogP contribution in [-0.4, -0.2) is 70.2 Å². The summed E-state index contributed by atoms with van der Waals surface area (Å²) in [4.78, 5) is 30.3. The number of hydrogen-bond donors (Lipinski definition) is 0. The SMILES string of the molecule is COCCn1cnc2c(N3CC4CN(C(=O)c5ccc(F)cc5)CC4C3)ncnc21. The Balaban J connectivity index is 1.29. The van der Waals surface area contributed by atoms with E-state index in [4.69, 9.17) is 4.74 Å². The van der Waals surface area contributed by atoms with Crippen LogP contribution in [0.15, 0.2) is 36.9 Å². The van der Waals surface area contributed by atoms with E-state index in [2.05, 4.69) is 19.9 Å². The van der Waals surface area contributed by atoms with Gasteiger partial charge >= 0.3 is 0 Å². The second-order valence-corrected chi connectivity index (χ2v) is 7.94. The third kappa shape index (κ3) is 3.28. The van der Waals surface area contributed by atoms with Crippen molar-refractivity contribution in [2.45, 2.75) is 6.54 Å². The number of hydrogen-bond acceptors (Lipinski definition) is 6. The van der Waals surface area contributed by atoms with Gasteiger partial charge in [0.15, 0.2) is 17.0 Å². The van der Waals surface area contributed by atoms with E-state index in [1.165, 1.54) is 12.1 Å². The molecule has 5 rings (SSSR count). The number of nitrogens with zero attached hydrogens (tertiary/aromatic N) is 6. The highest BCUT2D eigenvalue weighted by Crippen LogP contribution is 2.35. The summed E-state index contributed by atoms with van der Waals surface area (Å²) < 4.78 is 20.3. The maximum atomic E-state index is 13.1. The Morgan fingerprint density at radius 2 is 1.83 bits per heavy atom. The van der Waals surface area contributed by atoms with E-state index >= 15 is 0 Å². The van der Waals surface area contributed by atoms with Gasteiger partial charge in [0.25, 0.3) is 5.91 Å². The predicted molar refractivity (Wildman–Crippen MR) is 109 cm³/mol. The zero-order chi connectivity index (χ0) is 20.7. The molecule has 2 aromatic heterocycles. The molecule has 2 unspecified atom stereocenters. The summed E-state index contributed by atoms with van der Waals surface area (Å²) in [5.41, 5.74) is 2.14. The number of benzene rings is 1. The number of amides is 1. The molecule has 2 aliphatic heterocycles. The molecule has 156 valence electrons. The van der Waals surface area contributed by atoms with E-state index in [-0.39, 0.29) is 11.7 Å². The van der Waals surface area contributed by atoms with Crippen molar-refractivity contribution in [2.24, 2.45) is 11.8 Å². The number of halogens is 1. The smallest absolute Gasteiger partial charge is 0.253 e. The van der Waals surface area contributed by atoms with Crippen LogP contribution in [0.5, 0.6) is 0 Å². The lowest BCUT2D eigenvalue weighted by molar-refractivity contribution is 0.0782. The number of fused-ring (bicyclic) bond motifs is 2. The molecule has 2 atom stereocenters. The molecule has 0 N–H and O–H groups in total. The summed E-state index contributed by atoms with van der Waals surface area (Å²) in [7, 11) is 1.67. The molecule has 8 nitrogen and oxygen atoms in total. The van der Waals surface area contributed by atoms with Crippen molar-refractivity contribution in [1.29, 1.82) is 0 Å². The molecule has 30 heavy (non-hydrogen) atoms. The van der Waals surface area contributed by atoms with Gasteiger partial charge in [-0.25, -0.2) is 19.3 Å². The number of methoxy groups -OCH3 is 1. The van der Waals surface area contributed by atoms with Crippen LogP contribution in [-0.2, 0) is 11.3 Å². The first-order valence-corrected chi connectivity index (χ1v) is 10.1. The summed E-state index contributed by atoms with van der Waals surface area (Å²) in [6.45, 7) is 4.34. The standard InChI is InChI=1S/C21H23FN6O2/c1-30-7-6-26-13-25-18-19(26)23-12-24-20(18)27-8-15-10-28(11-16(15)9-27)21(29)14-2-4-17(22)5-3-14/h2-5,12-13,15-16H,6-11H2,1H3. The van der Waals surface area contributed by atoms with Crippen LogP contribution in [0.4, 0.5) is 10.2 Å². The number of carbonyl (C=O) groups excluding carboxylic acids is 1. The molecule has 0 saturated carbocycles. The van der Waals surface area contributed by atoms with E-state index in [9.17, 15) is 9.18 Å². The molecule has 0 bridgehead atoms. The average Bonchev–Trinajstić information content (AvgIpc) is 3.45. The maximum Gasteiger partial charge on any atom is 0.253 e. The zero-order valence-corrected chi connectivity index (χ0v) is 16.7. The van der Waals surface area contributed by atoms with Gasteiger partial charge in [-0.3, -0.25) is 4.79 Å². The van der Waals surface area contributed by atoms with Gasteiger partial charge in [-0.15, -0.1) is 0 Å². The first-order valence-electron chi connectivity index (χ1n) is 10.1. The maximum absolute atomic E-state index is 13.1. The van der Waals surface area contributed by atoms with Gasteiger partial charge in [-0.05, 0) is 24.3 Å². The van der Waals surface area contributed by atoms with Crippen LogP contribution in [0.1, 0.15) is 10.4 Å². The van der Waals surface area contributed by atoms with Crippen molar-refractivity contribution < 1.29 is 13.9 Å². The van der Waals surface area contributed by atoms with Gasteiger partial charge in [0, 0.05) is 57.2 Å². The summed E-state index contributed by atoms with van der Waals surface area (Å²) in [5, 5.41) is 0. The highest BCUT2D eigenvalue weighted by Gasteiger charge is 2.42. The minimum absolute atomic E-state index is 0.0303. The molecule has 2 saturated heterocycles. The Hall–Kier alpha value is -3.07. The number of imidazole rings is 1. The monoisotopic (exact) mass is 410 g/mol. The second-order valence-electron chi connectivity index (χ2n) is 7.94. The van der Waals surface area contributed by atoms with E-state index in [0.717, 1.165) is 30.1 Å². The van der Waals surface area contributed by atoms with E-state index in [1.807, 2.05) is 9.47 Å². The summed E-state index contributed by atoms with van der Waals surface area (Å²) in [6, 6.07) is 5.77. The number of likely N-dealkylation sites (tertiary alicyclic amines) is 1. The van der Waals surface area contributed by atoms with Gasteiger partial charge in [0.2, 0.25) is 0 Å². The van der Waals surface area contributed by atoms with Gasteiger partial charge in [-0.2, -0.15) is 0 Å². The molecule has 2 aliphatic rings. The predicted octanol–water partition coefficient (Wildman–Crippen LogP) is 1.82. The molecule has 1 amide bonds. The number of rotatable bonds is 5. The number of ether oxygens (including phenoxy) is 1. The summed E-state index contributed by atoms with van der Waals surface area (Å²) >= 11 is 0. The van der Waals surface area contributed by atoms with Crippen LogP contribution >= 0.6 is 0 Å². The fourth-order valence-electron chi connectivity index (χ4n) is 4.56. The van der Waals surface area contributed by atoms with Crippen molar-refractivity contribution in [1.82, 2.24) is 24.4 Å². The fraction of sp³-hybridized carbons (Fsp3) is 0.429. The van der Waals surface area contributed by atoms with Gasteiger partial charge < -0.3 is 19.1 Å². The Morgan fingerprint density at radius 1 is 1.10 bits per heavy atom. The number of anilines is 1.